The lowest BCUT2D eigenvalue weighted by molar-refractivity contribution is 0.158. The molecule has 0 saturated heterocycles. The Balaban J connectivity index is 2.18. The Morgan fingerprint density at radius 1 is 1.19 bits per heavy atom. The molecular weight excluding hydrogens is 198 g/mol. The summed E-state index contributed by atoms with van der Waals surface area (Å²) in [6.07, 6.45) is 4.76. The SMILES string of the molecule is C[C@H](CN[C@@H]1CC[C@H](C)[C@@H](C)C1)C[C@H](C)O. The Hall–Kier alpha value is -0.0800. The van der Waals surface area contributed by atoms with E-state index in [-0.39, 0.29) is 6.10 Å². The molecule has 96 valence electrons. The van der Waals surface area contributed by atoms with Gasteiger partial charge in [-0.2, -0.15) is 0 Å². The number of nitrogens with one attached hydrogen (secondary N) is 1. The average Bonchev–Trinajstić information content (AvgIpc) is 2.19. The van der Waals surface area contributed by atoms with Crippen LogP contribution in [0.4, 0.5) is 0 Å². The van der Waals surface area contributed by atoms with Gasteiger partial charge in [0.25, 0.3) is 0 Å². The Kier molecular flexibility index (Phi) is 5.77. The zero-order chi connectivity index (χ0) is 12.1. The van der Waals surface area contributed by atoms with Gasteiger partial charge in [-0.15, -0.1) is 0 Å². The van der Waals surface area contributed by atoms with E-state index in [1.165, 1.54) is 19.3 Å². The lowest BCUT2D eigenvalue weighted by Crippen LogP contribution is -2.38. The van der Waals surface area contributed by atoms with Gasteiger partial charge < -0.3 is 10.4 Å². The van der Waals surface area contributed by atoms with E-state index in [1.807, 2.05) is 6.92 Å². The number of hydrogen-bond donors (Lipinski definition) is 2. The molecule has 2 heteroatoms. The molecule has 5 atom stereocenters. The van der Waals surface area contributed by atoms with E-state index in [4.69, 9.17) is 0 Å². The van der Waals surface area contributed by atoms with Crippen LogP contribution in [0.1, 0.15) is 53.4 Å². The van der Waals surface area contributed by atoms with Crippen molar-refractivity contribution in [2.75, 3.05) is 6.54 Å². The van der Waals surface area contributed by atoms with Gasteiger partial charge in [0.15, 0.2) is 0 Å². The highest BCUT2D eigenvalue weighted by Gasteiger charge is 2.24. The molecule has 0 spiro atoms. The fraction of sp³-hybridized carbons (Fsp3) is 1.00. The first kappa shape index (κ1) is 14.0. The van der Waals surface area contributed by atoms with Gasteiger partial charge in [-0.3, -0.25) is 0 Å². The lowest BCUT2D eigenvalue weighted by Gasteiger charge is -2.33. The lowest BCUT2D eigenvalue weighted by atomic mass is 9.79. The molecule has 1 aliphatic rings. The second-order valence-corrected chi connectivity index (χ2v) is 6.06. The third kappa shape index (κ3) is 4.84. The van der Waals surface area contributed by atoms with Crippen LogP contribution in [0.2, 0.25) is 0 Å². The predicted molar refractivity (Wildman–Crippen MR) is 69.4 cm³/mol. The summed E-state index contributed by atoms with van der Waals surface area (Å²) < 4.78 is 0. The van der Waals surface area contributed by atoms with E-state index in [1.54, 1.807) is 0 Å². The van der Waals surface area contributed by atoms with Crippen LogP contribution in [-0.4, -0.2) is 23.8 Å². The van der Waals surface area contributed by atoms with Crippen molar-refractivity contribution in [1.82, 2.24) is 5.32 Å². The van der Waals surface area contributed by atoms with E-state index in [0.717, 1.165) is 24.8 Å². The Labute approximate surface area is 101 Å². The molecule has 0 aromatic rings. The molecule has 0 aromatic heterocycles. The highest BCUT2D eigenvalue weighted by molar-refractivity contribution is 4.80. The van der Waals surface area contributed by atoms with Crippen molar-refractivity contribution in [3.05, 3.63) is 0 Å². The molecule has 0 radical (unpaired) electrons. The number of rotatable bonds is 5. The smallest absolute Gasteiger partial charge is 0.0515 e. The van der Waals surface area contributed by atoms with Crippen LogP contribution in [0.15, 0.2) is 0 Å². The highest BCUT2D eigenvalue weighted by Crippen LogP contribution is 2.29. The van der Waals surface area contributed by atoms with E-state index in [2.05, 4.69) is 26.1 Å². The summed E-state index contributed by atoms with van der Waals surface area (Å²) in [5.74, 6) is 2.33. The fourth-order valence-electron chi connectivity index (χ4n) is 2.77. The predicted octanol–water partition coefficient (Wildman–Crippen LogP) is 2.81. The molecule has 2 nitrogen and oxygen atoms in total. The Morgan fingerprint density at radius 2 is 1.88 bits per heavy atom. The van der Waals surface area contributed by atoms with Gasteiger partial charge in [0.1, 0.15) is 0 Å². The van der Waals surface area contributed by atoms with Crippen LogP contribution < -0.4 is 5.32 Å². The molecule has 0 unspecified atom stereocenters. The quantitative estimate of drug-likeness (QED) is 0.757. The van der Waals surface area contributed by atoms with Crippen molar-refractivity contribution in [1.29, 1.82) is 0 Å². The van der Waals surface area contributed by atoms with Crippen molar-refractivity contribution in [2.45, 2.75) is 65.5 Å². The molecule has 0 heterocycles. The van der Waals surface area contributed by atoms with Crippen molar-refractivity contribution in [3.63, 3.8) is 0 Å². The van der Waals surface area contributed by atoms with Crippen LogP contribution >= 0.6 is 0 Å². The monoisotopic (exact) mass is 227 g/mol. The van der Waals surface area contributed by atoms with Crippen LogP contribution in [0.25, 0.3) is 0 Å². The number of hydrogen-bond acceptors (Lipinski definition) is 2. The minimum Gasteiger partial charge on any atom is -0.393 e. The van der Waals surface area contributed by atoms with Gasteiger partial charge in [-0.1, -0.05) is 20.8 Å². The third-order valence-electron chi connectivity index (χ3n) is 4.10. The molecule has 1 aliphatic carbocycles. The first-order valence-electron chi connectivity index (χ1n) is 6.90. The molecule has 1 saturated carbocycles. The normalized spacial score (nSPS) is 34.7. The van der Waals surface area contributed by atoms with Crippen molar-refractivity contribution in [2.24, 2.45) is 17.8 Å². The minimum absolute atomic E-state index is 0.165. The minimum atomic E-state index is -0.165. The first-order chi connectivity index (χ1) is 7.49. The molecule has 0 aromatic carbocycles. The topological polar surface area (TPSA) is 32.3 Å². The van der Waals surface area contributed by atoms with Crippen LogP contribution in [0.5, 0.6) is 0 Å². The summed E-state index contributed by atoms with van der Waals surface area (Å²) in [5.41, 5.74) is 0. The maximum absolute atomic E-state index is 9.31. The van der Waals surface area contributed by atoms with E-state index in [9.17, 15) is 5.11 Å². The summed E-state index contributed by atoms with van der Waals surface area (Å²) >= 11 is 0. The number of aliphatic hydroxyl groups is 1. The van der Waals surface area contributed by atoms with Crippen LogP contribution in [0, 0.1) is 17.8 Å². The van der Waals surface area contributed by atoms with Crippen molar-refractivity contribution >= 4 is 0 Å². The van der Waals surface area contributed by atoms with E-state index < -0.39 is 0 Å². The molecule has 0 aliphatic heterocycles. The van der Waals surface area contributed by atoms with Crippen LogP contribution in [-0.2, 0) is 0 Å². The first-order valence-corrected chi connectivity index (χ1v) is 6.90. The average molecular weight is 227 g/mol. The Morgan fingerprint density at radius 3 is 2.44 bits per heavy atom. The summed E-state index contributed by atoms with van der Waals surface area (Å²) in [6.45, 7) is 9.89. The maximum atomic E-state index is 9.31. The van der Waals surface area contributed by atoms with Crippen LogP contribution in [0.3, 0.4) is 0 Å². The second kappa shape index (κ2) is 6.61. The molecule has 1 rings (SSSR count). The zero-order valence-corrected chi connectivity index (χ0v) is 11.4. The van der Waals surface area contributed by atoms with Gasteiger partial charge in [0.05, 0.1) is 6.10 Å². The largest absolute Gasteiger partial charge is 0.393 e. The third-order valence-corrected chi connectivity index (χ3v) is 4.10. The zero-order valence-electron chi connectivity index (χ0n) is 11.4. The Bertz CT molecular complexity index is 193. The van der Waals surface area contributed by atoms with Gasteiger partial charge >= 0.3 is 0 Å². The van der Waals surface area contributed by atoms with Crippen molar-refractivity contribution < 1.29 is 5.11 Å². The molecule has 16 heavy (non-hydrogen) atoms. The van der Waals surface area contributed by atoms with E-state index in [0.29, 0.717) is 12.0 Å². The second-order valence-electron chi connectivity index (χ2n) is 6.06. The molecule has 0 bridgehead atoms. The summed E-state index contributed by atoms with van der Waals surface area (Å²) in [6, 6.07) is 0.711. The fourth-order valence-corrected chi connectivity index (χ4v) is 2.77. The van der Waals surface area contributed by atoms with Gasteiger partial charge in [-0.25, -0.2) is 0 Å². The number of aliphatic hydroxyl groups excluding tert-OH is 1. The molecule has 1 fully saturated rings. The molecular formula is C14H29NO. The standard InChI is InChI=1S/C14H29NO/c1-10(7-13(4)16)9-15-14-6-5-11(2)12(3)8-14/h10-16H,5-9H2,1-4H3/t10-,11-,12-,13-,14+/m0/s1. The molecule has 2 N–H and O–H groups in total. The van der Waals surface area contributed by atoms with E-state index >= 15 is 0 Å². The summed E-state index contributed by atoms with van der Waals surface area (Å²) in [5, 5.41) is 13.0. The highest BCUT2D eigenvalue weighted by atomic mass is 16.3. The molecule has 0 amide bonds. The summed E-state index contributed by atoms with van der Waals surface area (Å²) in [4.78, 5) is 0. The van der Waals surface area contributed by atoms with Gasteiger partial charge in [-0.05, 0) is 56.9 Å². The maximum Gasteiger partial charge on any atom is 0.0515 e. The summed E-state index contributed by atoms with van der Waals surface area (Å²) in [7, 11) is 0. The van der Waals surface area contributed by atoms with Crippen molar-refractivity contribution in [3.8, 4) is 0 Å². The van der Waals surface area contributed by atoms with Gasteiger partial charge in [0, 0.05) is 6.04 Å². The van der Waals surface area contributed by atoms with Gasteiger partial charge in [0.2, 0.25) is 0 Å².